The number of rotatable bonds is 10. The van der Waals surface area contributed by atoms with Gasteiger partial charge in [0.2, 0.25) is 11.8 Å². The van der Waals surface area contributed by atoms with Crippen molar-refractivity contribution in [2.45, 2.75) is 32.0 Å². The number of nitrogens with zero attached hydrogens (tertiary/aromatic N) is 5. The number of aromatic nitrogens is 3. The highest BCUT2D eigenvalue weighted by molar-refractivity contribution is 5.79. The summed E-state index contributed by atoms with van der Waals surface area (Å²) in [6.45, 7) is 1.08. The van der Waals surface area contributed by atoms with Gasteiger partial charge in [-0.3, -0.25) is 14.6 Å². The van der Waals surface area contributed by atoms with Gasteiger partial charge in [0.1, 0.15) is 5.82 Å². The van der Waals surface area contributed by atoms with Gasteiger partial charge in [0.05, 0.1) is 0 Å². The minimum absolute atomic E-state index is 0.000197. The maximum absolute atomic E-state index is 13.1. The highest BCUT2D eigenvalue weighted by atomic mass is 19.1. The maximum Gasteiger partial charge on any atom is 0.260 e. The summed E-state index contributed by atoms with van der Waals surface area (Å²) in [6, 6.07) is 13.3. The predicted molar refractivity (Wildman–Crippen MR) is 127 cm³/mol. The third-order valence-corrected chi connectivity index (χ3v) is 5.67. The second kappa shape index (κ2) is 11.4. The molecule has 0 aliphatic carbocycles. The Morgan fingerprint density at radius 1 is 1.11 bits per heavy atom. The molecule has 4 rings (SSSR count). The van der Waals surface area contributed by atoms with E-state index >= 15 is 0 Å². The van der Waals surface area contributed by atoms with Crippen LogP contribution in [0.25, 0.3) is 0 Å². The highest BCUT2D eigenvalue weighted by Crippen LogP contribution is 2.16. The van der Waals surface area contributed by atoms with Gasteiger partial charge in [-0.1, -0.05) is 18.2 Å². The fourth-order valence-corrected chi connectivity index (χ4v) is 3.81. The Morgan fingerprint density at radius 3 is 2.60 bits per heavy atom. The fraction of sp³-hybridized carbons (Fsp3) is 0.320. The molecule has 1 aromatic carbocycles. The summed E-state index contributed by atoms with van der Waals surface area (Å²) in [7, 11) is 1.86. The summed E-state index contributed by atoms with van der Waals surface area (Å²) in [5, 5.41) is 11.1. The van der Waals surface area contributed by atoms with Crippen LogP contribution in [0, 0.1) is 5.82 Å². The largest absolute Gasteiger partial charge is 0.466 e. The average Bonchev–Trinajstić information content (AvgIpc) is 3.29. The van der Waals surface area contributed by atoms with Crippen molar-refractivity contribution >= 4 is 17.6 Å². The Kier molecular flexibility index (Phi) is 7.81. The van der Waals surface area contributed by atoms with E-state index in [1.165, 1.54) is 12.1 Å². The van der Waals surface area contributed by atoms with Crippen molar-refractivity contribution in [2.75, 3.05) is 25.1 Å². The zero-order valence-electron chi connectivity index (χ0n) is 19.4. The molecule has 1 N–H and O–H groups in total. The molecule has 1 saturated heterocycles. The van der Waals surface area contributed by atoms with Gasteiger partial charge in [0, 0.05) is 57.6 Å². The van der Waals surface area contributed by atoms with Crippen LogP contribution in [0.3, 0.4) is 0 Å². The second-order valence-electron chi connectivity index (χ2n) is 8.44. The van der Waals surface area contributed by atoms with Gasteiger partial charge in [-0.15, -0.1) is 10.2 Å². The lowest BCUT2D eigenvalue weighted by Crippen LogP contribution is -2.43. The summed E-state index contributed by atoms with van der Waals surface area (Å²) in [6.07, 6.45) is 4.54. The first-order chi connectivity index (χ1) is 17.0. The van der Waals surface area contributed by atoms with E-state index in [1.54, 1.807) is 41.6 Å². The van der Waals surface area contributed by atoms with Crippen molar-refractivity contribution in [3.8, 4) is 5.88 Å². The van der Waals surface area contributed by atoms with Gasteiger partial charge in [-0.05, 0) is 41.8 Å². The van der Waals surface area contributed by atoms with Crippen molar-refractivity contribution in [1.29, 1.82) is 0 Å². The first kappa shape index (κ1) is 24.1. The van der Waals surface area contributed by atoms with Crippen molar-refractivity contribution in [2.24, 2.45) is 0 Å². The van der Waals surface area contributed by atoms with E-state index in [1.807, 2.05) is 24.1 Å². The van der Waals surface area contributed by atoms with Crippen LogP contribution in [0.15, 0.2) is 60.9 Å². The summed E-state index contributed by atoms with van der Waals surface area (Å²) in [4.78, 5) is 32.2. The molecule has 0 unspecified atom stereocenters. The lowest BCUT2D eigenvalue weighted by Gasteiger charge is -2.25. The Hall–Kier alpha value is -4.08. The zero-order chi connectivity index (χ0) is 24.6. The molecule has 0 radical (unpaired) electrons. The minimum atomic E-state index is -0.278. The topological polar surface area (TPSA) is 101 Å². The Balaban J connectivity index is 1.33. The van der Waals surface area contributed by atoms with E-state index in [2.05, 4.69) is 20.5 Å². The van der Waals surface area contributed by atoms with Gasteiger partial charge in [-0.25, -0.2) is 4.39 Å². The molecular formula is C25H27FN6O3. The molecule has 0 bridgehead atoms. The highest BCUT2D eigenvalue weighted by Gasteiger charge is 2.26. The minimum Gasteiger partial charge on any atom is -0.466 e. The van der Waals surface area contributed by atoms with Crippen molar-refractivity contribution in [3.63, 3.8) is 0 Å². The van der Waals surface area contributed by atoms with Crippen LogP contribution >= 0.6 is 0 Å². The van der Waals surface area contributed by atoms with E-state index in [4.69, 9.17) is 4.74 Å². The van der Waals surface area contributed by atoms with Gasteiger partial charge < -0.3 is 19.9 Å². The number of hydrogen-bond acceptors (Lipinski definition) is 7. The van der Waals surface area contributed by atoms with Gasteiger partial charge in [0.15, 0.2) is 12.4 Å². The van der Waals surface area contributed by atoms with Crippen molar-refractivity contribution in [1.82, 2.24) is 25.4 Å². The smallest absolute Gasteiger partial charge is 0.260 e. The number of benzene rings is 1. The Bertz CT molecular complexity index is 1130. The number of anilines is 1. The molecule has 9 nitrogen and oxygen atoms in total. The van der Waals surface area contributed by atoms with Crippen molar-refractivity contribution < 1.29 is 18.7 Å². The first-order valence-corrected chi connectivity index (χ1v) is 11.3. The number of ether oxygens (including phenoxy) is 1. The van der Waals surface area contributed by atoms with Crippen LogP contribution < -0.4 is 15.0 Å². The third-order valence-electron chi connectivity index (χ3n) is 5.67. The van der Waals surface area contributed by atoms with E-state index in [0.29, 0.717) is 38.3 Å². The third kappa shape index (κ3) is 6.95. The van der Waals surface area contributed by atoms with E-state index in [-0.39, 0.29) is 36.2 Å². The van der Waals surface area contributed by atoms with Gasteiger partial charge in [-0.2, -0.15) is 0 Å². The van der Waals surface area contributed by atoms with E-state index in [0.717, 1.165) is 11.1 Å². The number of pyridine rings is 1. The molecule has 10 heteroatoms. The van der Waals surface area contributed by atoms with Crippen molar-refractivity contribution in [3.05, 3.63) is 77.9 Å². The lowest BCUT2D eigenvalue weighted by molar-refractivity contribution is -0.134. The van der Waals surface area contributed by atoms with Gasteiger partial charge in [0.25, 0.3) is 5.91 Å². The number of carbonyl (C=O) groups excluding carboxylic acids is 2. The molecule has 1 aliphatic heterocycles. The lowest BCUT2D eigenvalue weighted by atomic mass is 10.2. The molecule has 35 heavy (non-hydrogen) atoms. The van der Waals surface area contributed by atoms with Crippen LogP contribution in [0.1, 0.15) is 24.0 Å². The molecule has 3 aromatic rings. The molecular weight excluding hydrogens is 451 g/mol. The molecule has 0 spiro atoms. The monoisotopic (exact) mass is 478 g/mol. The number of amides is 2. The van der Waals surface area contributed by atoms with E-state index in [9.17, 15) is 14.0 Å². The maximum atomic E-state index is 13.1. The molecule has 2 aromatic heterocycles. The normalized spacial score (nSPS) is 14.9. The molecule has 0 saturated carbocycles. The van der Waals surface area contributed by atoms with Crippen LogP contribution in [0.4, 0.5) is 10.2 Å². The summed E-state index contributed by atoms with van der Waals surface area (Å²) < 4.78 is 18.7. The van der Waals surface area contributed by atoms with Crippen LogP contribution in [-0.2, 0) is 22.7 Å². The number of nitrogens with one attached hydrogen (secondary N) is 1. The predicted octanol–water partition coefficient (Wildman–Crippen LogP) is 2.33. The Morgan fingerprint density at radius 2 is 1.94 bits per heavy atom. The summed E-state index contributed by atoms with van der Waals surface area (Å²) in [5.41, 5.74) is 1.83. The Labute approximate surface area is 202 Å². The zero-order valence-corrected chi connectivity index (χ0v) is 19.4. The second-order valence-corrected chi connectivity index (χ2v) is 8.44. The number of carbonyl (C=O) groups is 2. The van der Waals surface area contributed by atoms with Crippen LogP contribution in [-0.4, -0.2) is 58.1 Å². The van der Waals surface area contributed by atoms with E-state index < -0.39 is 0 Å². The standard InChI is InChI=1S/C25H27FN6O3/c1-31(14-18-4-6-20(26)7-5-18)22-9-11-24(30-29-22)35-17-25(34)32(15-19-3-2-12-27-13-19)16-21-8-10-23(33)28-21/h2-7,9,11-13,21H,8,10,14-17H2,1H3,(H,28,33)/t21-/m0/s1. The van der Waals surface area contributed by atoms with Gasteiger partial charge >= 0.3 is 0 Å². The number of halogens is 1. The molecule has 182 valence electrons. The van der Waals surface area contributed by atoms with Crippen LogP contribution in [0.2, 0.25) is 0 Å². The molecule has 2 amide bonds. The summed E-state index contributed by atoms with van der Waals surface area (Å²) >= 11 is 0. The molecule has 1 fully saturated rings. The molecule has 1 aliphatic rings. The summed E-state index contributed by atoms with van der Waals surface area (Å²) in [5.74, 6) is 0.337. The fourth-order valence-electron chi connectivity index (χ4n) is 3.81. The first-order valence-electron chi connectivity index (χ1n) is 11.3. The van der Waals surface area contributed by atoms with Crippen LogP contribution in [0.5, 0.6) is 5.88 Å². The number of hydrogen-bond donors (Lipinski definition) is 1. The average molecular weight is 479 g/mol. The SMILES string of the molecule is CN(Cc1ccc(F)cc1)c1ccc(OCC(=O)N(Cc2cccnc2)C[C@@H]2CCC(=O)N2)nn1. The quantitative estimate of drug-likeness (QED) is 0.477. The molecule has 3 heterocycles. The molecule has 1 atom stereocenters.